The highest BCUT2D eigenvalue weighted by Crippen LogP contribution is 2.30. The lowest BCUT2D eigenvalue weighted by molar-refractivity contribution is -0.141. The average Bonchev–Trinajstić information content (AvgIpc) is 3.03. The van der Waals surface area contributed by atoms with Crippen molar-refractivity contribution >= 4 is 10.0 Å². The fraction of sp³-hybridized carbons (Fsp3) is 0.455. The van der Waals surface area contributed by atoms with Crippen LogP contribution in [0.3, 0.4) is 0 Å². The van der Waals surface area contributed by atoms with Crippen molar-refractivity contribution in [2.24, 2.45) is 0 Å². The third kappa shape index (κ3) is 4.58. The second-order valence-corrected chi connectivity index (χ2v) is 9.96. The first-order valence-electron chi connectivity index (χ1n) is 10.3. The predicted molar refractivity (Wildman–Crippen MR) is 115 cm³/mol. The van der Waals surface area contributed by atoms with E-state index in [0.717, 1.165) is 31.3 Å². The van der Waals surface area contributed by atoms with Gasteiger partial charge < -0.3 is 5.11 Å². The standard InChI is InChI=1S/C22H28FN3O3S/c1-30(28,29)24-19-11-14-26(22(27)25-12-6-13-25)20(19)15-17-9-5-10-18(21(17)23)16-7-3-2-4-8-16/h2-5,7-10,19-20,22,24,27H,6,11-15H2,1H3/t19-,20-,22?/m0/s1. The average molecular weight is 434 g/mol. The van der Waals surface area contributed by atoms with E-state index in [9.17, 15) is 13.5 Å². The summed E-state index contributed by atoms with van der Waals surface area (Å²) in [6.07, 6.45) is 2.27. The molecule has 0 spiro atoms. The fourth-order valence-electron chi connectivity index (χ4n) is 4.42. The second-order valence-electron chi connectivity index (χ2n) is 8.18. The van der Waals surface area contributed by atoms with Crippen molar-refractivity contribution in [2.75, 3.05) is 25.9 Å². The molecule has 2 fully saturated rings. The molecule has 3 atom stereocenters. The first-order chi connectivity index (χ1) is 14.3. The zero-order valence-electron chi connectivity index (χ0n) is 17.0. The summed E-state index contributed by atoms with van der Waals surface area (Å²) in [5.41, 5.74) is 1.84. The molecule has 6 nitrogen and oxygen atoms in total. The van der Waals surface area contributed by atoms with Gasteiger partial charge in [0.2, 0.25) is 10.0 Å². The van der Waals surface area contributed by atoms with Gasteiger partial charge in [-0.1, -0.05) is 48.5 Å². The van der Waals surface area contributed by atoms with Gasteiger partial charge in [-0.3, -0.25) is 9.80 Å². The van der Waals surface area contributed by atoms with Gasteiger partial charge >= 0.3 is 0 Å². The summed E-state index contributed by atoms with van der Waals surface area (Å²) in [6.45, 7) is 2.17. The SMILES string of the molecule is CS(=O)(=O)N[C@H]1CCN(C(O)N2CCC2)[C@H]1Cc1cccc(-c2ccccc2)c1F. The van der Waals surface area contributed by atoms with Gasteiger partial charge in [-0.15, -0.1) is 0 Å². The topological polar surface area (TPSA) is 72.9 Å². The van der Waals surface area contributed by atoms with Gasteiger partial charge in [0.1, 0.15) is 5.82 Å². The zero-order valence-corrected chi connectivity index (χ0v) is 17.9. The molecule has 0 aromatic heterocycles. The second kappa shape index (κ2) is 8.72. The van der Waals surface area contributed by atoms with E-state index in [4.69, 9.17) is 0 Å². The van der Waals surface area contributed by atoms with E-state index in [0.29, 0.717) is 30.5 Å². The maximum absolute atomic E-state index is 15.4. The van der Waals surface area contributed by atoms with Gasteiger partial charge in [-0.25, -0.2) is 17.5 Å². The first kappa shape index (κ1) is 21.4. The van der Waals surface area contributed by atoms with E-state index >= 15 is 4.39 Å². The number of aliphatic hydroxyl groups excluding tert-OH is 1. The van der Waals surface area contributed by atoms with E-state index < -0.39 is 16.4 Å². The molecule has 162 valence electrons. The molecule has 2 aliphatic rings. The van der Waals surface area contributed by atoms with E-state index in [-0.39, 0.29) is 17.9 Å². The van der Waals surface area contributed by atoms with Crippen molar-refractivity contribution in [1.82, 2.24) is 14.5 Å². The van der Waals surface area contributed by atoms with E-state index in [1.54, 1.807) is 12.1 Å². The van der Waals surface area contributed by atoms with Gasteiger partial charge in [0.15, 0.2) is 6.35 Å². The van der Waals surface area contributed by atoms with Crippen molar-refractivity contribution in [3.05, 3.63) is 59.9 Å². The largest absolute Gasteiger partial charge is 0.365 e. The Morgan fingerprint density at radius 2 is 1.87 bits per heavy atom. The summed E-state index contributed by atoms with van der Waals surface area (Å²) < 4.78 is 41.9. The Bertz CT molecular complexity index is 982. The molecule has 2 aromatic rings. The zero-order chi connectivity index (χ0) is 21.3. The maximum Gasteiger partial charge on any atom is 0.209 e. The van der Waals surface area contributed by atoms with Crippen molar-refractivity contribution in [3.8, 4) is 11.1 Å². The number of aliphatic hydroxyl groups is 1. The summed E-state index contributed by atoms with van der Waals surface area (Å²) in [7, 11) is -3.42. The third-order valence-electron chi connectivity index (χ3n) is 6.06. The number of likely N-dealkylation sites (tertiary alicyclic amines) is 2. The number of hydrogen-bond donors (Lipinski definition) is 2. The van der Waals surface area contributed by atoms with Crippen LogP contribution in [0.5, 0.6) is 0 Å². The summed E-state index contributed by atoms with van der Waals surface area (Å²) in [4.78, 5) is 3.85. The Balaban J connectivity index is 1.63. The number of nitrogens with zero attached hydrogens (tertiary/aromatic N) is 2. The van der Waals surface area contributed by atoms with Crippen LogP contribution < -0.4 is 4.72 Å². The van der Waals surface area contributed by atoms with Gasteiger partial charge in [-0.2, -0.15) is 0 Å². The van der Waals surface area contributed by atoms with Gasteiger partial charge in [-0.05, 0) is 30.4 Å². The summed E-state index contributed by atoms with van der Waals surface area (Å²) in [5.74, 6) is -0.299. The molecule has 2 heterocycles. The quantitative estimate of drug-likeness (QED) is 0.699. The Hall–Kier alpha value is -1.84. The number of sulfonamides is 1. The summed E-state index contributed by atoms with van der Waals surface area (Å²) in [5, 5.41) is 10.8. The first-order valence-corrected chi connectivity index (χ1v) is 12.2. The summed E-state index contributed by atoms with van der Waals surface area (Å²) >= 11 is 0. The minimum absolute atomic E-state index is 0.299. The number of nitrogens with one attached hydrogen (secondary N) is 1. The van der Waals surface area contributed by atoms with Crippen LogP contribution in [0.25, 0.3) is 11.1 Å². The van der Waals surface area contributed by atoms with Crippen LogP contribution in [-0.4, -0.2) is 67.6 Å². The molecule has 0 bridgehead atoms. The molecule has 0 aliphatic carbocycles. The van der Waals surface area contributed by atoms with Crippen molar-refractivity contribution in [3.63, 3.8) is 0 Å². The van der Waals surface area contributed by atoms with E-state index in [1.165, 1.54) is 0 Å². The number of halogens is 1. The molecular formula is C22H28FN3O3S. The molecule has 2 aromatic carbocycles. The highest BCUT2D eigenvalue weighted by Gasteiger charge is 2.41. The number of rotatable bonds is 7. The lowest BCUT2D eigenvalue weighted by atomic mass is 9.96. The number of hydrogen-bond acceptors (Lipinski definition) is 5. The van der Waals surface area contributed by atoms with Gasteiger partial charge in [0.05, 0.1) is 6.26 Å². The predicted octanol–water partition coefficient (Wildman–Crippen LogP) is 2.01. The van der Waals surface area contributed by atoms with E-state index in [2.05, 4.69) is 4.72 Å². The van der Waals surface area contributed by atoms with Crippen LogP contribution in [0.2, 0.25) is 0 Å². The number of benzene rings is 2. The normalized spacial score (nSPS) is 24.0. The van der Waals surface area contributed by atoms with Gasteiger partial charge in [0, 0.05) is 37.3 Å². The molecule has 0 radical (unpaired) electrons. The molecule has 8 heteroatoms. The lowest BCUT2D eigenvalue weighted by Gasteiger charge is -2.42. The maximum atomic E-state index is 15.4. The minimum Gasteiger partial charge on any atom is -0.365 e. The van der Waals surface area contributed by atoms with Crippen LogP contribution in [0.15, 0.2) is 48.5 Å². The van der Waals surface area contributed by atoms with Crippen LogP contribution in [-0.2, 0) is 16.4 Å². The third-order valence-corrected chi connectivity index (χ3v) is 6.79. The molecular weight excluding hydrogens is 405 g/mol. The molecule has 4 rings (SSSR count). The smallest absolute Gasteiger partial charge is 0.209 e. The van der Waals surface area contributed by atoms with Crippen LogP contribution in [0.1, 0.15) is 18.4 Å². The van der Waals surface area contributed by atoms with Crippen molar-refractivity contribution in [1.29, 1.82) is 0 Å². The molecule has 2 N–H and O–H groups in total. The molecule has 1 unspecified atom stereocenters. The minimum atomic E-state index is -3.42. The van der Waals surface area contributed by atoms with Crippen molar-refractivity contribution in [2.45, 2.75) is 37.7 Å². The fourth-order valence-corrected chi connectivity index (χ4v) is 5.25. The summed E-state index contributed by atoms with van der Waals surface area (Å²) in [6, 6.07) is 14.0. The van der Waals surface area contributed by atoms with Crippen LogP contribution in [0, 0.1) is 5.82 Å². The molecule has 2 aliphatic heterocycles. The highest BCUT2D eigenvalue weighted by molar-refractivity contribution is 7.88. The molecule has 0 amide bonds. The Kier molecular flexibility index (Phi) is 6.22. The Morgan fingerprint density at radius 1 is 1.13 bits per heavy atom. The van der Waals surface area contributed by atoms with Crippen LogP contribution >= 0.6 is 0 Å². The highest BCUT2D eigenvalue weighted by atomic mass is 32.2. The Labute approximate surface area is 177 Å². The van der Waals surface area contributed by atoms with Gasteiger partial charge in [0.25, 0.3) is 0 Å². The van der Waals surface area contributed by atoms with E-state index in [1.807, 2.05) is 46.2 Å². The van der Waals surface area contributed by atoms with Crippen molar-refractivity contribution < 1.29 is 17.9 Å². The molecule has 0 saturated carbocycles. The van der Waals surface area contributed by atoms with Crippen LogP contribution in [0.4, 0.5) is 4.39 Å². The monoisotopic (exact) mass is 433 g/mol. The Morgan fingerprint density at radius 3 is 2.50 bits per heavy atom. The molecule has 30 heavy (non-hydrogen) atoms. The lowest BCUT2D eigenvalue weighted by Crippen LogP contribution is -2.57. The molecule has 2 saturated heterocycles.